The second-order valence-electron chi connectivity index (χ2n) is 5.81. The van der Waals surface area contributed by atoms with E-state index in [-0.39, 0.29) is 30.1 Å². The number of carbonyl (C=O) groups excluding carboxylic acids is 1. The van der Waals surface area contributed by atoms with Gasteiger partial charge in [0.25, 0.3) is 0 Å². The lowest BCUT2D eigenvalue weighted by molar-refractivity contribution is -0.136. The molecule has 3 unspecified atom stereocenters. The summed E-state index contributed by atoms with van der Waals surface area (Å²) in [7, 11) is 0. The number of nitrogens with one attached hydrogen (secondary N) is 1. The molecule has 0 bridgehead atoms. The van der Waals surface area contributed by atoms with Gasteiger partial charge in [-0.2, -0.15) is 0 Å². The van der Waals surface area contributed by atoms with Crippen molar-refractivity contribution in [3.8, 4) is 0 Å². The van der Waals surface area contributed by atoms with Crippen LogP contribution < -0.4 is 11.1 Å². The van der Waals surface area contributed by atoms with Crippen LogP contribution in [0.15, 0.2) is 22.8 Å². The van der Waals surface area contributed by atoms with Gasteiger partial charge >= 0.3 is 0 Å². The van der Waals surface area contributed by atoms with Gasteiger partial charge in [0.05, 0.1) is 25.5 Å². The van der Waals surface area contributed by atoms with Crippen molar-refractivity contribution in [3.63, 3.8) is 0 Å². The summed E-state index contributed by atoms with van der Waals surface area (Å²) in [6, 6.07) is 3.21. The SMILES string of the molecule is CC(C)NC(=O)C1COCCN1C(c1ccco1)C(C)N. The zero-order valence-corrected chi connectivity index (χ0v) is 12.9. The topological polar surface area (TPSA) is 80.7 Å². The standard InChI is InChI=1S/C15H25N3O3/c1-10(2)17-15(19)12-9-20-8-6-18(12)14(11(3)16)13-5-4-7-21-13/h4-5,7,10-12,14H,6,8-9,16H2,1-3H3,(H,17,19). The molecule has 118 valence electrons. The molecule has 2 heterocycles. The molecule has 1 aromatic heterocycles. The quantitative estimate of drug-likeness (QED) is 0.843. The molecule has 3 N–H and O–H groups in total. The van der Waals surface area contributed by atoms with Crippen LogP contribution in [0.2, 0.25) is 0 Å². The van der Waals surface area contributed by atoms with Crippen LogP contribution in [0, 0.1) is 0 Å². The highest BCUT2D eigenvalue weighted by molar-refractivity contribution is 5.82. The van der Waals surface area contributed by atoms with Crippen LogP contribution in [0.5, 0.6) is 0 Å². The molecule has 2 rings (SSSR count). The highest BCUT2D eigenvalue weighted by Gasteiger charge is 2.37. The summed E-state index contributed by atoms with van der Waals surface area (Å²) in [5.74, 6) is 0.760. The molecular weight excluding hydrogens is 270 g/mol. The van der Waals surface area contributed by atoms with Crippen LogP contribution in [-0.2, 0) is 9.53 Å². The van der Waals surface area contributed by atoms with Gasteiger partial charge in [0, 0.05) is 18.6 Å². The number of carbonyl (C=O) groups is 1. The van der Waals surface area contributed by atoms with Gasteiger partial charge in [0.2, 0.25) is 5.91 Å². The van der Waals surface area contributed by atoms with E-state index in [1.165, 1.54) is 0 Å². The normalized spacial score (nSPS) is 23.0. The maximum atomic E-state index is 12.4. The Balaban J connectivity index is 2.21. The smallest absolute Gasteiger partial charge is 0.239 e. The lowest BCUT2D eigenvalue weighted by atomic mass is 10.0. The molecule has 0 aliphatic carbocycles. The van der Waals surface area contributed by atoms with Crippen LogP contribution in [0.1, 0.15) is 32.6 Å². The molecular formula is C15H25N3O3. The zero-order valence-electron chi connectivity index (χ0n) is 12.9. The number of hydrogen-bond acceptors (Lipinski definition) is 5. The van der Waals surface area contributed by atoms with Crippen molar-refractivity contribution in [2.24, 2.45) is 5.73 Å². The van der Waals surface area contributed by atoms with Crippen LogP contribution in [0.3, 0.4) is 0 Å². The maximum Gasteiger partial charge on any atom is 0.239 e. The second kappa shape index (κ2) is 7.06. The average Bonchev–Trinajstić information content (AvgIpc) is 2.92. The molecule has 21 heavy (non-hydrogen) atoms. The number of hydrogen-bond donors (Lipinski definition) is 2. The summed E-state index contributed by atoms with van der Waals surface area (Å²) in [5.41, 5.74) is 6.15. The molecule has 1 aliphatic heterocycles. The molecule has 1 fully saturated rings. The minimum atomic E-state index is -0.345. The van der Waals surface area contributed by atoms with Crippen LogP contribution in [-0.4, -0.2) is 48.7 Å². The third-order valence-corrected chi connectivity index (χ3v) is 3.59. The van der Waals surface area contributed by atoms with Crippen molar-refractivity contribution < 1.29 is 13.9 Å². The van der Waals surface area contributed by atoms with Crippen LogP contribution in [0.25, 0.3) is 0 Å². The summed E-state index contributed by atoms with van der Waals surface area (Å²) in [4.78, 5) is 14.5. The predicted molar refractivity (Wildman–Crippen MR) is 79.7 cm³/mol. The van der Waals surface area contributed by atoms with Crippen molar-refractivity contribution >= 4 is 5.91 Å². The molecule has 0 saturated carbocycles. The molecule has 1 aliphatic rings. The highest BCUT2D eigenvalue weighted by atomic mass is 16.5. The number of furan rings is 1. The van der Waals surface area contributed by atoms with E-state index in [0.717, 1.165) is 5.76 Å². The van der Waals surface area contributed by atoms with Gasteiger partial charge in [-0.15, -0.1) is 0 Å². The van der Waals surface area contributed by atoms with E-state index in [1.54, 1.807) is 6.26 Å². The Hall–Kier alpha value is -1.37. The maximum absolute atomic E-state index is 12.4. The molecule has 3 atom stereocenters. The largest absolute Gasteiger partial charge is 0.468 e. The molecule has 6 heteroatoms. The van der Waals surface area contributed by atoms with E-state index in [4.69, 9.17) is 14.9 Å². The zero-order chi connectivity index (χ0) is 15.4. The van der Waals surface area contributed by atoms with E-state index in [1.807, 2.05) is 32.9 Å². The van der Waals surface area contributed by atoms with Crippen molar-refractivity contribution in [3.05, 3.63) is 24.2 Å². The van der Waals surface area contributed by atoms with Crippen LogP contribution >= 0.6 is 0 Å². The molecule has 1 aromatic rings. The number of nitrogens with two attached hydrogens (primary N) is 1. The van der Waals surface area contributed by atoms with Crippen molar-refractivity contribution in [2.45, 2.75) is 44.9 Å². The van der Waals surface area contributed by atoms with E-state index in [2.05, 4.69) is 10.2 Å². The molecule has 0 radical (unpaired) electrons. The minimum Gasteiger partial charge on any atom is -0.468 e. The summed E-state index contributed by atoms with van der Waals surface area (Å²) in [6.07, 6.45) is 1.63. The number of amides is 1. The molecule has 1 saturated heterocycles. The van der Waals surface area contributed by atoms with E-state index >= 15 is 0 Å². The molecule has 0 spiro atoms. The van der Waals surface area contributed by atoms with Gasteiger partial charge in [-0.25, -0.2) is 0 Å². The lowest BCUT2D eigenvalue weighted by Gasteiger charge is -2.41. The first-order chi connectivity index (χ1) is 10.0. The predicted octanol–water partition coefficient (Wildman–Crippen LogP) is 0.893. The molecule has 6 nitrogen and oxygen atoms in total. The minimum absolute atomic E-state index is 0.0260. The van der Waals surface area contributed by atoms with Gasteiger partial charge in [-0.3, -0.25) is 9.69 Å². The fraction of sp³-hybridized carbons (Fsp3) is 0.667. The first kappa shape index (κ1) is 16.0. The van der Waals surface area contributed by atoms with E-state index in [0.29, 0.717) is 19.8 Å². The average molecular weight is 295 g/mol. The Labute approximate surface area is 125 Å². The third-order valence-electron chi connectivity index (χ3n) is 3.59. The Bertz CT molecular complexity index is 445. The summed E-state index contributed by atoms with van der Waals surface area (Å²) in [6.45, 7) is 7.45. The number of nitrogens with zero attached hydrogens (tertiary/aromatic N) is 1. The Morgan fingerprint density at radius 1 is 1.48 bits per heavy atom. The lowest BCUT2D eigenvalue weighted by Crippen LogP contribution is -2.57. The number of morpholine rings is 1. The second-order valence-corrected chi connectivity index (χ2v) is 5.81. The summed E-state index contributed by atoms with van der Waals surface area (Å²) in [5, 5.41) is 2.95. The monoisotopic (exact) mass is 295 g/mol. The third kappa shape index (κ3) is 3.84. The fourth-order valence-electron chi connectivity index (χ4n) is 2.74. The number of rotatable bonds is 5. The Kier molecular flexibility index (Phi) is 5.39. The van der Waals surface area contributed by atoms with Gasteiger partial charge in [0.15, 0.2) is 0 Å². The van der Waals surface area contributed by atoms with E-state index < -0.39 is 0 Å². The number of ether oxygens (including phenoxy) is 1. The highest BCUT2D eigenvalue weighted by Crippen LogP contribution is 2.27. The van der Waals surface area contributed by atoms with Gasteiger partial charge in [-0.1, -0.05) is 0 Å². The van der Waals surface area contributed by atoms with Crippen molar-refractivity contribution in [2.75, 3.05) is 19.8 Å². The Morgan fingerprint density at radius 2 is 2.24 bits per heavy atom. The fourth-order valence-corrected chi connectivity index (χ4v) is 2.74. The molecule has 1 amide bonds. The first-order valence-electron chi connectivity index (χ1n) is 7.43. The Morgan fingerprint density at radius 3 is 2.81 bits per heavy atom. The van der Waals surface area contributed by atoms with Crippen molar-refractivity contribution in [1.29, 1.82) is 0 Å². The summed E-state index contributed by atoms with van der Waals surface area (Å²) >= 11 is 0. The van der Waals surface area contributed by atoms with Gasteiger partial charge in [0.1, 0.15) is 11.8 Å². The van der Waals surface area contributed by atoms with Gasteiger partial charge < -0.3 is 20.2 Å². The summed E-state index contributed by atoms with van der Waals surface area (Å²) < 4.78 is 11.0. The molecule has 0 aromatic carbocycles. The van der Waals surface area contributed by atoms with Gasteiger partial charge in [-0.05, 0) is 32.9 Å². The van der Waals surface area contributed by atoms with Crippen molar-refractivity contribution in [1.82, 2.24) is 10.2 Å². The first-order valence-corrected chi connectivity index (χ1v) is 7.43. The van der Waals surface area contributed by atoms with Crippen LogP contribution in [0.4, 0.5) is 0 Å². The van der Waals surface area contributed by atoms with E-state index in [9.17, 15) is 4.79 Å².